The predicted octanol–water partition coefficient (Wildman–Crippen LogP) is 2.97. The Hall–Kier alpha value is -1.66. The van der Waals surface area contributed by atoms with Crippen LogP contribution in [0.1, 0.15) is 53.6 Å². The molecule has 2 aliphatic rings. The van der Waals surface area contributed by atoms with Gasteiger partial charge in [0.15, 0.2) is 5.78 Å². The fourth-order valence-electron chi connectivity index (χ4n) is 3.66. The summed E-state index contributed by atoms with van der Waals surface area (Å²) < 4.78 is 0. The lowest BCUT2D eigenvalue weighted by molar-refractivity contribution is 0.0825. The van der Waals surface area contributed by atoms with Crippen LogP contribution in [0.2, 0.25) is 0 Å². The highest BCUT2D eigenvalue weighted by atomic mass is 16.1. The zero-order valence-corrected chi connectivity index (χ0v) is 11.9. The number of nitriles is 1. The fraction of sp³-hybridized carbons (Fsp3) is 0.529. The number of rotatable bonds is 2. The van der Waals surface area contributed by atoms with Gasteiger partial charge < -0.3 is 5.32 Å². The van der Waals surface area contributed by atoms with Gasteiger partial charge in [0.05, 0.1) is 11.6 Å². The van der Waals surface area contributed by atoms with Gasteiger partial charge in [0.25, 0.3) is 0 Å². The zero-order chi connectivity index (χ0) is 14.1. The summed E-state index contributed by atoms with van der Waals surface area (Å²) in [5, 5.41) is 12.8. The predicted molar refractivity (Wildman–Crippen MR) is 77.5 cm³/mol. The average molecular weight is 268 g/mol. The van der Waals surface area contributed by atoms with E-state index >= 15 is 0 Å². The third kappa shape index (κ3) is 2.48. The first-order valence-electron chi connectivity index (χ1n) is 7.48. The largest absolute Gasteiger partial charge is 0.311 e. The highest BCUT2D eigenvalue weighted by Crippen LogP contribution is 2.32. The summed E-state index contributed by atoms with van der Waals surface area (Å²) in [4.78, 5) is 12.8. The monoisotopic (exact) mass is 268 g/mol. The highest BCUT2D eigenvalue weighted by molar-refractivity contribution is 6.00. The molecule has 1 aromatic carbocycles. The smallest absolute Gasteiger partial charge is 0.167 e. The van der Waals surface area contributed by atoms with Crippen LogP contribution in [0.25, 0.3) is 0 Å². The molecule has 0 aromatic heterocycles. The molecule has 104 valence electrons. The van der Waals surface area contributed by atoms with Crippen LogP contribution in [0.5, 0.6) is 0 Å². The van der Waals surface area contributed by atoms with Crippen LogP contribution >= 0.6 is 0 Å². The molecule has 3 rings (SSSR count). The van der Waals surface area contributed by atoms with E-state index in [2.05, 4.69) is 11.4 Å². The number of nitrogens with one attached hydrogen (secondary N) is 1. The number of piperidine rings is 2. The van der Waals surface area contributed by atoms with Crippen molar-refractivity contribution >= 4 is 5.78 Å². The molecule has 2 fully saturated rings. The van der Waals surface area contributed by atoms with Crippen molar-refractivity contribution in [3.63, 3.8) is 0 Å². The van der Waals surface area contributed by atoms with Crippen molar-refractivity contribution in [3.8, 4) is 6.07 Å². The summed E-state index contributed by atoms with van der Waals surface area (Å²) in [5.74, 6) is 0.254. The van der Waals surface area contributed by atoms with E-state index in [-0.39, 0.29) is 11.7 Å². The number of hydrogen-bond acceptors (Lipinski definition) is 3. The van der Waals surface area contributed by atoms with E-state index in [4.69, 9.17) is 0 Å². The van der Waals surface area contributed by atoms with E-state index in [1.165, 1.54) is 19.3 Å². The molecule has 2 heterocycles. The number of fused-ring (bicyclic) bond motifs is 2. The number of nitrogens with zero attached hydrogens (tertiary/aromatic N) is 1. The summed E-state index contributed by atoms with van der Waals surface area (Å²) in [6.45, 7) is 1.97. The Kier molecular flexibility index (Phi) is 3.58. The molecule has 2 bridgehead atoms. The topological polar surface area (TPSA) is 52.9 Å². The molecular formula is C17H20N2O. The molecule has 3 nitrogen and oxygen atoms in total. The Labute approximate surface area is 120 Å². The zero-order valence-electron chi connectivity index (χ0n) is 11.9. The van der Waals surface area contributed by atoms with Crippen LogP contribution in [0.15, 0.2) is 18.2 Å². The van der Waals surface area contributed by atoms with E-state index in [0.717, 1.165) is 18.4 Å². The van der Waals surface area contributed by atoms with Crippen molar-refractivity contribution in [2.24, 2.45) is 5.92 Å². The molecule has 20 heavy (non-hydrogen) atoms. The van der Waals surface area contributed by atoms with Gasteiger partial charge in [-0.1, -0.05) is 18.1 Å². The van der Waals surface area contributed by atoms with Crippen molar-refractivity contribution in [3.05, 3.63) is 34.9 Å². The Morgan fingerprint density at radius 1 is 1.30 bits per heavy atom. The maximum atomic E-state index is 12.8. The first-order chi connectivity index (χ1) is 9.67. The summed E-state index contributed by atoms with van der Waals surface area (Å²) in [7, 11) is 0. The van der Waals surface area contributed by atoms with Crippen molar-refractivity contribution < 1.29 is 4.79 Å². The summed E-state index contributed by atoms with van der Waals surface area (Å²) in [5.41, 5.74) is 2.18. The van der Waals surface area contributed by atoms with Gasteiger partial charge in [-0.2, -0.15) is 5.26 Å². The minimum Gasteiger partial charge on any atom is -0.311 e. The summed E-state index contributed by atoms with van der Waals surface area (Å²) in [6.07, 6.45) is 5.48. The second-order valence-corrected chi connectivity index (χ2v) is 6.18. The van der Waals surface area contributed by atoms with Crippen molar-refractivity contribution in [2.75, 3.05) is 0 Å². The normalized spacial score (nSPS) is 28.7. The van der Waals surface area contributed by atoms with Crippen molar-refractivity contribution in [1.29, 1.82) is 5.26 Å². The summed E-state index contributed by atoms with van der Waals surface area (Å²) in [6, 6.07) is 8.68. The molecule has 0 saturated carbocycles. The van der Waals surface area contributed by atoms with Crippen LogP contribution in [0.3, 0.4) is 0 Å². The number of hydrogen-bond donors (Lipinski definition) is 1. The van der Waals surface area contributed by atoms with Gasteiger partial charge in [-0.25, -0.2) is 0 Å². The highest BCUT2D eigenvalue weighted by Gasteiger charge is 2.35. The third-order valence-corrected chi connectivity index (χ3v) is 4.65. The van der Waals surface area contributed by atoms with Crippen LogP contribution in [0, 0.1) is 24.2 Å². The molecule has 0 amide bonds. The first-order valence-corrected chi connectivity index (χ1v) is 7.48. The quantitative estimate of drug-likeness (QED) is 0.839. The minimum atomic E-state index is 0.0837. The van der Waals surface area contributed by atoms with Gasteiger partial charge in [-0.05, 0) is 44.7 Å². The molecule has 2 atom stereocenters. The molecule has 0 aliphatic carbocycles. The van der Waals surface area contributed by atoms with Crippen molar-refractivity contribution in [2.45, 2.75) is 51.1 Å². The molecule has 1 N–H and O–H groups in total. The van der Waals surface area contributed by atoms with E-state index in [1.807, 2.05) is 19.1 Å². The maximum Gasteiger partial charge on any atom is 0.167 e. The van der Waals surface area contributed by atoms with Crippen LogP contribution < -0.4 is 5.32 Å². The van der Waals surface area contributed by atoms with Crippen LogP contribution in [-0.2, 0) is 0 Å². The van der Waals surface area contributed by atoms with E-state index in [1.54, 1.807) is 6.07 Å². The average Bonchev–Trinajstić information content (AvgIpc) is 2.46. The van der Waals surface area contributed by atoms with Gasteiger partial charge in [0, 0.05) is 23.6 Å². The SMILES string of the molecule is Cc1ccc(C#N)c(C(=O)C2CC3CCCC(C2)N3)c1. The second kappa shape index (κ2) is 5.38. The minimum absolute atomic E-state index is 0.0837. The van der Waals surface area contributed by atoms with Gasteiger partial charge >= 0.3 is 0 Å². The number of benzene rings is 1. The molecule has 2 unspecified atom stereocenters. The standard InChI is InChI=1S/C17H20N2O/c1-11-5-6-12(10-18)16(7-11)17(20)13-8-14-3-2-4-15(9-13)19-14/h5-7,13-15,19H,2-4,8-9H2,1H3. The Balaban J connectivity index is 1.86. The molecular weight excluding hydrogens is 248 g/mol. The Morgan fingerprint density at radius 3 is 2.65 bits per heavy atom. The van der Waals surface area contributed by atoms with Gasteiger partial charge in [0.1, 0.15) is 0 Å². The lowest BCUT2D eigenvalue weighted by Gasteiger charge is -2.39. The molecule has 1 aromatic rings. The van der Waals surface area contributed by atoms with Gasteiger partial charge in [0.2, 0.25) is 0 Å². The lowest BCUT2D eigenvalue weighted by atomic mass is 9.76. The van der Waals surface area contributed by atoms with Crippen LogP contribution in [-0.4, -0.2) is 17.9 Å². The summed E-state index contributed by atoms with van der Waals surface area (Å²) >= 11 is 0. The van der Waals surface area contributed by atoms with Crippen molar-refractivity contribution in [1.82, 2.24) is 5.32 Å². The van der Waals surface area contributed by atoms with E-state index in [9.17, 15) is 10.1 Å². The Bertz CT molecular complexity index is 561. The van der Waals surface area contributed by atoms with E-state index < -0.39 is 0 Å². The second-order valence-electron chi connectivity index (χ2n) is 6.18. The fourth-order valence-corrected chi connectivity index (χ4v) is 3.66. The maximum absolute atomic E-state index is 12.8. The van der Waals surface area contributed by atoms with E-state index in [0.29, 0.717) is 23.2 Å². The number of carbonyl (C=O) groups is 1. The third-order valence-electron chi connectivity index (χ3n) is 4.65. The molecule has 0 radical (unpaired) electrons. The number of carbonyl (C=O) groups excluding carboxylic acids is 1. The van der Waals surface area contributed by atoms with Gasteiger partial charge in [-0.3, -0.25) is 4.79 Å². The Morgan fingerprint density at radius 2 is 2.00 bits per heavy atom. The number of ketones is 1. The van der Waals surface area contributed by atoms with Gasteiger partial charge in [-0.15, -0.1) is 0 Å². The molecule has 2 aliphatic heterocycles. The van der Waals surface area contributed by atoms with Crippen LogP contribution in [0.4, 0.5) is 0 Å². The number of Topliss-reactive ketones (excluding diaryl/α,β-unsaturated/α-hetero) is 1. The lowest BCUT2D eigenvalue weighted by Crippen LogP contribution is -2.50. The molecule has 2 saturated heterocycles. The molecule has 3 heteroatoms. The molecule has 0 spiro atoms. The first kappa shape index (κ1) is 13.3. The number of aryl methyl sites for hydroxylation is 1.